The first-order valence-electron chi connectivity index (χ1n) is 2.49. The van der Waals surface area contributed by atoms with E-state index in [1.165, 1.54) is 0 Å². The summed E-state index contributed by atoms with van der Waals surface area (Å²) in [6.45, 7) is 0. The van der Waals surface area contributed by atoms with Crippen LogP contribution in [0.15, 0.2) is 11.6 Å². The van der Waals surface area contributed by atoms with Crippen LogP contribution in [-0.2, 0) is 14.4 Å². The fourth-order valence-electron chi connectivity index (χ4n) is 0.381. The fraction of sp³-hybridized carbons (Fsp3) is 0. The Morgan fingerprint density at radius 3 is 1.73 bits per heavy atom. The summed E-state index contributed by atoms with van der Waals surface area (Å²) < 4.78 is 0. The highest BCUT2D eigenvalue weighted by molar-refractivity contribution is 6.18. The van der Waals surface area contributed by atoms with E-state index in [1.54, 1.807) is 0 Å². The quantitative estimate of drug-likeness (QED) is 0.249. The first-order chi connectivity index (χ1) is 4.95. The van der Waals surface area contributed by atoms with Gasteiger partial charge >= 0.3 is 5.97 Å². The molecule has 0 rings (SSSR count). The number of hydrogen-bond acceptors (Lipinski definition) is 3. The second-order valence-electron chi connectivity index (χ2n) is 1.63. The van der Waals surface area contributed by atoms with Gasteiger partial charge in [0.05, 0.1) is 0 Å². The summed E-state index contributed by atoms with van der Waals surface area (Å²) in [6, 6.07) is 0. The van der Waals surface area contributed by atoms with E-state index < -0.39 is 23.4 Å². The third-order valence-corrected chi connectivity index (χ3v) is 0.782. The van der Waals surface area contributed by atoms with Crippen LogP contribution in [0, 0.1) is 0 Å². The fourth-order valence-corrected chi connectivity index (χ4v) is 0.381. The second kappa shape index (κ2) is 3.35. The highest BCUT2D eigenvalue weighted by atomic mass is 16.4. The first-order valence-corrected chi connectivity index (χ1v) is 2.49. The zero-order chi connectivity index (χ0) is 9.02. The molecule has 0 saturated heterocycles. The maximum absolute atomic E-state index is 10.2. The molecule has 60 valence electrons. The molecule has 0 atom stereocenters. The lowest BCUT2D eigenvalue weighted by Gasteiger charge is -1.92. The average Bonchev–Trinajstić information content (AvgIpc) is 1.81. The second-order valence-corrected chi connectivity index (χ2v) is 1.63. The summed E-state index contributed by atoms with van der Waals surface area (Å²) in [6.07, 6.45) is 0.463. The molecule has 2 amide bonds. The molecule has 0 aromatic rings. The predicted octanol–water partition coefficient (Wildman–Crippen LogP) is -2.03. The van der Waals surface area contributed by atoms with Crippen molar-refractivity contribution in [2.45, 2.75) is 0 Å². The van der Waals surface area contributed by atoms with Gasteiger partial charge in [-0.1, -0.05) is 0 Å². The maximum Gasteiger partial charge on any atom is 0.341 e. The van der Waals surface area contributed by atoms with E-state index in [2.05, 4.69) is 11.5 Å². The Hall–Kier alpha value is -1.85. The van der Waals surface area contributed by atoms with Crippen molar-refractivity contribution in [3.63, 3.8) is 0 Å². The van der Waals surface area contributed by atoms with Gasteiger partial charge in [0.1, 0.15) is 5.57 Å². The van der Waals surface area contributed by atoms with Crippen molar-refractivity contribution in [1.29, 1.82) is 0 Å². The SMILES string of the molecule is NC(=O)C=C(C(N)=O)C(=O)O. The number of aliphatic carboxylic acids is 1. The minimum atomic E-state index is -1.57. The number of amides is 2. The van der Waals surface area contributed by atoms with Gasteiger partial charge in [0.25, 0.3) is 5.91 Å². The third-order valence-electron chi connectivity index (χ3n) is 0.782. The van der Waals surface area contributed by atoms with Crippen molar-refractivity contribution in [2.24, 2.45) is 11.5 Å². The van der Waals surface area contributed by atoms with Gasteiger partial charge in [-0.2, -0.15) is 0 Å². The number of carboxylic acids is 1. The van der Waals surface area contributed by atoms with Crippen LogP contribution >= 0.6 is 0 Å². The normalized spacial score (nSPS) is 10.7. The van der Waals surface area contributed by atoms with Gasteiger partial charge < -0.3 is 16.6 Å². The predicted molar refractivity (Wildman–Crippen MR) is 34.1 cm³/mol. The van der Waals surface area contributed by atoms with E-state index in [0.717, 1.165) is 0 Å². The van der Waals surface area contributed by atoms with Crippen LogP contribution in [0.1, 0.15) is 0 Å². The largest absolute Gasteiger partial charge is 0.477 e. The van der Waals surface area contributed by atoms with Crippen molar-refractivity contribution < 1.29 is 19.5 Å². The van der Waals surface area contributed by atoms with Crippen LogP contribution in [-0.4, -0.2) is 22.9 Å². The highest BCUT2D eigenvalue weighted by Gasteiger charge is 2.14. The van der Waals surface area contributed by atoms with Gasteiger partial charge in [-0.25, -0.2) is 4.79 Å². The summed E-state index contributed by atoms with van der Waals surface area (Å²) >= 11 is 0. The average molecular weight is 158 g/mol. The van der Waals surface area contributed by atoms with Crippen LogP contribution in [0.2, 0.25) is 0 Å². The van der Waals surface area contributed by atoms with Crippen LogP contribution in [0.3, 0.4) is 0 Å². The molecular weight excluding hydrogens is 152 g/mol. The number of carbonyl (C=O) groups is 3. The van der Waals surface area contributed by atoms with Crippen molar-refractivity contribution in [1.82, 2.24) is 0 Å². The van der Waals surface area contributed by atoms with Crippen molar-refractivity contribution >= 4 is 17.8 Å². The van der Waals surface area contributed by atoms with Crippen molar-refractivity contribution in [3.05, 3.63) is 11.6 Å². The van der Waals surface area contributed by atoms with Crippen LogP contribution < -0.4 is 11.5 Å². The number of primary amides is 2. The number of hydrogen-bond donors (Lipinski definition) is 3. The molecule has 0 aliphatic heterocycles. The Balaban J connectivity index is 4.75. The van der Waals surface area contributed by atoms with Crippen LogP contribution in [0.5, 0.6) is 0 Å². The molecule has 6 heteroatoms. The first kappa shape index (κ1) is 9.15. The molecule has 0 saturated carbocycles. The van der Waals surface area contributed by atoms with Gasteiger partial charge in [-0.15, -0.1) is 0 Å². The lowest BCUT2D eigenvalue weighted by Crippen LogP contribution is -2.23. The molecule has 0 aromatic carbocycles. The Morgan fingerprint density at radius 2 is 1.64 bits per heavy atom. The minimum absolute atomic E-state index is 0.463. The molecule has 0 radical (unpaired) electrons. The Morgan fingerprint density at radius 1 is 1.18 bits per heavy atom. The topological polar surface area (TPSA) is 123 Å². The smallest absolute Gasteiger partial charge is 0.341 e. The molecular formula is C5H6N2O4. The van der Waals surface area contributed by atoms with Gasteiger partial charge in [0, 0.05) is 6.08 Å². The highest BCUT2D eigenvalue weighted by Crippen LogP contribution is 1.91. The molecule has 0 aromatic heterocycles. The van der Waals surface area contributed by atoms with E-state index in [0.29, 0.717) is 6.08 Å². The van der Waals surface area contributed by atoms with E-state index in [9.17, 15) is 14.4 Å². The lowest BCUT2D eigenvalue weighted by molar-refractivity contribution is -0.134. The number of carbonyl (C=O) groups excluding carboxylic acids is 2. The van der Waals surface area contributed by atoms with Gasteiger partial charge in [-0.05, 0) is 0 Å². The van der Waals surface area contributed by atoms with Crippen LogP contribution in [0.25, 0.3) is 0 Å². The van der Waals surface area contributed by atoms with Gasteiger partial charge in [0.2, 0.25) is 5.91 Å². The molecule has 0 bridgehead atoms. The van der Waals surface area contributed by atoms with Crippen molar-refractivity contribution in [2.75, 3.05) is 0 Å². The van der Waals surface area contributed by atoms with Gasteiger partial charge in [-0.3, -0.25) is 9.59 Å². The maximum atomic E-state index is 10.2. The molecule has 0 heterocycles. The number of carboxylic acid groups (broad SMARTS) is 1. The lowest BCUT2D eigenvalue weighted by atomic mass is 10.2. The van der Waals surface area contributed by atoms with Gasteiger partial charge in [0.15, 0.2) is 0 Å². The molecule has 6 nitrogen and oxygen atoms in total. The molecule has 0 aliphatic carbocycles. The van der Waals surface area contributed by atoms with E-state index in [1.807, 2.05) is 0 Å². The van der Waals surface area contributed by atoms with Crippen LogP contribution in [0.4, 0.5) is 0 Å². The summed E-state index contributed by atoms with van der Waals surface area (Å²) in [5, 5.41) is 8.22. The number of rotatable bonds is 3. The molecule has 5 N–H and O–H groups in total. The minimum Gasteiger partial charge on any atom is -0.477 e. The number of nitrogens with two attached hydrogens (primary N) is 2. The molecule has 0 spiro atoms. The van der Waals surface area contributed by atoms with E-state index in [-0.39, 0.29) is 0 Å². The monoisotopic (exact) mass is 158 g/mol. The molecule has 0 aliphatic rings. The summed E-state index contributed by atoms with van der Waals surface area (Å²) in [4.78, 5) is 30.4. The van der Waals surface area contributed by atoms with E-state index in [4.69, 9.17) is 5.11 Å². The Labute approximate surface area is 61.5 Å². The zero-order valence-electron chi connectivity index (χ0n) is 5.40. The zero-order valence-corrected chi connectivity index (χ0v) is 5.40. The molecule has 0 fully saturated rings. The van der Waals surface area contributed by atoms with Crippen molar-refractivity contribution in [3.8, 4) is 0 Å². The summed E-state index contributed by atoms with van der Waals surface area (Å²) in [5.41, 5.74) is 8.35. The Bertz CT molecular complexity index is 227. The standard InChI is InChI=1S/C5H6N2O4/c6-3(8)1-2(4(7)9)5(10)11/h1H,(H2,6,8)(H2,7,9)(H,10,11). The summed E-state index contributed by atoms with van der Waals surface area (Å²) in [7, 11) is 0. The molecule has 11 heavy (non-hydrogen) atoms. The molecule has 0 unspecified atom stereocenters. The Kier molecular flexibility index (Phi) is 2.79. The van der Waals surface area contributed by atoms with E-state index >= 15 is 0 Å². The third kappa shape index (κ3) is 2.99. The summed E-state index contributed by atoms with van der Waals surface area (Å²) in [5.74, 6) is -3.80.